The molecule has 7 heteroatoms. The van der Waals surface area contributed by atoms with E-state index in [0.717, 1.165) is 20.8 Å². The predicted molar refractivity (Wildman–Crippen MR) is 104 cm³/mol. The van der Waals surface area contributed by atoms with E-state index in [1.54, 1.807) is 26.0 Å². The van der Waals surface area contributed by atoms with Crippen LogP contribution in [0, 0.1) is 34.6 Å². The normalized spacial score (nSPS) is 11.9. The Morgan fingerprint density at radius 2 is 1.59 bits per heavy atom. The highest BCUT2D eigenvalue weighted by molar-refractivity contribution is 7.90. The maximum atomic E-state index is 13.6. The fourth-order valence-corrected chi connectivity index (χ4v) is 5.52. The number of pyridine rings is 1. The standard InChI is InChI=1S/C20H22N2O4S/c1-11-6-13(3)20(14(4)7-11)27(25,26)22-16(10-19(23)24)9-17-18(22)8-12(2)15(5)21-17/h6-9H,10H2,1-5H3,(H,23,24). The molecule has 2 heterocycles. The molecular formula is C20H22N2O4S. The molecule has 0 fully saturated rings. The van der Waals surface area contributed by atoms with Crippen molar-refractivity contribution in [3.05, 3.63) is 57.9 Å². The Morgan fingerprint density at radius 1 is 1.00 bits per heavy atom. The van der Waals surface area contributed by atoms with Crippen molar-refractivity contribution in [2.24, 2.45) is 0 Å². The Kier molecular flexibility index (Phi) is 4.59. The number of nitrogens with zero attached hydrogens (tertiary/aromatic N) is 2. The number of carbonyl (C=O) groups is 1. The van der Waals surface area contributed by atoms with E-state index in [4.69, 9.17) is 0 Å². The Morgan fingerprint density at radius 3 is 2.15 bits per heavy atom. The SMILES string of the molecule is Cc1cc(C)c(S(=O)(=O)n2c(CC(=O)O)cc3nc(C)c(C)cc32)c(C)c1. The number of hydrogen-bond acceptors (Lipinski definition) is 4. The fourth-order valence-electron chi connectivity index (χ4n) is 3.58. The Hall–Kier alpha value is -2.67. The molecular weight excluding hydrogens is 364 g/mol. The summed E-state index contributed by atoms with van der Waals surface area (Å²) in [6.07, 6.45) is -0.405. The first-order valence-corrected chi connectivity index (χ1v) is 10.00. The number of fused-ring (bicyclic) bond motifs is 1. The van der Waals surface area contributed by atoms with Crippen molar-refractivity contribution in [1.82, 2.24) is 8.96 Å². The van der Waals surface area contributed by atoms with E-state index in [2.05, 4.69) is 4.98 Å². The molecule has 1 aromatic carbocycles. The van der Waals surface area contributed by atoms with Crippen LogP contribution in [0.2, 0.25) is 0 Å². The summed E-state index contributed by atoms with van der Waals surface area (Å²) < 4.78 is 28.3. The number of rotatable bonds is 4. The number of carboxylic acid groups (broad SMARTS) is 1. The van der Waals surface area contributed by atoms with Gasteiger partial charge in [-0.05, 0) is 63.4 Å². The van der Waals surface area contributed by atoms with Crippen LogP contribution < -0.4 is 0 Å². The maximum absolute atomic E-state index is 13.6. The van der Waals surface area contributed by atoms with Crippen molar-refractivity contribution in [2.45, 2.75) is 45.9 Å². The van der Waals surface area contributed by atoms with Gasteiger partial charge in [0.1, 0.15) is 0 Å². The summed E-state index contributed by atoms with van der Waals surface area (Å²) in [6, 6.07) is 6.93. The third kappa shape index (κ3) is 3.23. The van der Waals surface area contributed by atoms with Crippen molar-refractivity contribution in [3.63, 3.8) is 0 Å². The first-order valence-electron chi connectivity index (χ1n) is 8.56. The molecule has 3 rings (SSSR count). The molecule has 3 aromatic rings. The van der Waals surface area contributed by atoms with Crippen LogP contribution >= 0.6 is 0 Å². The summed E-state index contributed by atoms with van der Waals surface area (Å²) in [4.78, 5) is 16.0. The van der Waals surface area contributed by atoms with E-state index in [1.807, 2.05) is 32.9 Å². The number of carboxylic acids is 1. The van der Waals surface area contributed by atoms with Gasteiger partial charge >= 0.3 is 5.97 Å². The lowest BCUT2D eigenvalue weighted by Gasteiger charge is -2.16. The lowest BCUT2D eigenvalue weighted by Crippen LogP contribution is -2.19. The first-order chi connectivity index (χ1) is 12.5. The van der Waals surface area contributed by atoms with Gasteiger partial charge in [0.15, 0.2) is 0 Å². The molecule has 1 N–H and O–H groups in total. The van der Waals surface area contributed by atoms with Gasteiger partial charge in [0.25, 0.3) is 10.0 Å². The summed E-state index contributed by atoms with van der Waals surface area (Å²) in [5.74, 6) is -1.10. The van der Waals surface area contributed by atoms with Gasteiger partial charge in [-0.2, -0.15) is 0 Å². The second kappa shape index (κ2) is 6.49. The zero-order valence-corrected chi connectivity index (χ0v) is 16.8. The molecule has 0 unspecified atom stereocenters. The lowest BCUT2D eigenvalue weighted by atomic mass is 10.1. The van der Waals surface area contributed by atoms with Gasteiger partial charge in [-0.1, -0.05) is 17.7 Å². The monoisotopic (exact) mass is 386 g/mol. The second-order valence-electron chi connectivity index (χ2n) is 7.00. The van der Waals surface area contributed by atoms with Crippen LogP contribution in [0.5, 0.6) is 0 Å². The molecule has 0 spiro atoms. The molecule has 27 heavy (non-hydrogen) atoms. The first kappa shape index (κ1) is 19.1. The molecule has 0 radical (unpaired) electrons. The largest absolute Gasteiger partial charge is 0.481 e. The van der Waals surface area contributed by atoms with Crippen LogP contribution in [-0.2, 0) is 21.2 Å². The third-order valence-corrected chi connectivity index (χ3v) is 6.76. The van der Waals surface area contributed by atoms with Crippen LogP contribution in [0.25, 0.3) is 11.0 Å². The zero-order valence-electron chi connectivity index (χ0n) is 16.0. The van der Waals surface area contributed by atoms with Gasteiger partial charge in [0, 0.05) is 11.4 Å². The van der Waals surface area contributed by atoms with Crippen molar-refractivity contribution in [1.29, 1.82) is 0 Å². The number of hydrogen-bond donors (Lipinski definition) is 1. The summed E-state index contributed by atoms with van der Waals surface area (Å²) in [5, 5.41) is 9.28. The third-order valence-electron chi connectivity index (χ3n) is 4.69. The highest BCUT2D eigenvalue weighted by Crippen LogP contribution is 2.30. The van der Waals surface area contributed by atoms with Crippen molar-refractivity contribution >= 4 is 27.0 Å². The summed E-state index contributed by atoms with van der Waals surface area (Å²) >= 11 is 0. The van der Waals surface area contributed by atoms with E-state index in [0.29, 0.717) is 22.2 Å². The average molecular weight is 386 g/mol. The van der Waals surface area contributed by atoms with Crippen LogP contribution in [-0.4, -0.2) is 28.5 Å². The van der Waals surface area contributed by atoms with E-state index < -0.39 is 22.4 Å². The quantitative estimate of drug-likeness (QED) is 0.742. The van der Waals surface area contributed by atoms with E-state index in [-0.39, 0.29) is 10.6 Å². The number of aromatic nitrogens is 2. The van der Waals surface area contributed by atoms with Crippen LogP contribution in [0.15, 0.2) is 29.2 Å². The molecule has 0 aliphatic carbocycles. The fraction of sp³-hybridized carbons (Fsp3) is 0.300. The summed E-state index contributed by atoms with van der Waals surface area (Å²) in [7, 11) is -3.99. The zero-order chi connectivity index (χ0) is 20.1. The molecule has 0 saturated carbocycles. The second-order valence-corrected chi connectivity index (χ2v) is 8.72. The van der Waals surface area contributed by atoms with Gasteiger partial charge < -0.3 is 5.11 Å². The van der Waals surface area contributed by atoms with Crippen molar-refractivity contribution in [3.8, 4) is 0 Å². The van der Waals surface area contributed by atoms with Crippen LogP contribution in [0.1, 0.15) is 33.6 Å². The van der Waals surface area contributed by atoms with E-state index in [1.165, 1.54) is 0 Å². The maximum Gasteiger partial charge on any atom is 0.309 e. The minimum Gasteiger partial charge on any atom is -0.481 e. The molecule has 142 valence electrons. The molecule has 0 saturated heterocycles. The summed E-state index contributed by atoms with van der Waals surface area (Å²) in [5.41, 5.74) is 4.92. The Balaban J connectivity index is 2.41. The molecule has 0 amide bonds. The van der Waals surface area contributed by atoms with Gasteiger partial charge in [-0.25, -0.2) is 12.4 Å². The highest BCUT2D eigenvalue weighted by Gasteiger charge is 2.28. The van der Waals surface area contributed by atoms with Gasteiger partial charge in [0.05, 0.1) is 22.3 Å². The topological polar surface area (TPSA) is 89.3 Å². The van der Waals surface area contributed by atoms with E-state index >= 15 is 0 Å². The minimum atomic E-state index is -3.99. The molecule has 2 aromatic heterocycles. The van der Waals surface area contributed by atoms with Crippen molar-refractivity contribution < 1.29 is 18.3 Å². The molecule has 0 atom stereocenters. The van der Waals surface area contributed by atoms with Crippen molar-refractivity contribution in [2.75, 3.05) is 0 Å². The smallest absolute Gasteiger partial charge is 0.309 e. The average Bonchev–Trinajstić information content (AvgIpc) is 2.82. The van der Waals surface area contributed by atoms with Crippen LogP contribution in [0.4, 0.5) is 0 Å². The summed E-state index contributed by atoms with van der Waals surface area (Å²) in [6.45, 7) is 9.11. The molecule has 0 aliphatic rings. The van der Waals surface area contributed by atoms with Gasteiger partial charge in [-0.15, -0.1) is 0 Å². The predicted octanol–water partition coefficient (Wildman–Crippen LogP) is 3.44. The number of aryl methyl sites for hydroxylation is 5. The van der Waals surface area contributed by atoms with E-state index in [9.17, 15) is 18.3 Å². The Labute approximate surface area is 158 Å². The van der Waals surface area contributed by atoms with Crippen LogP contribution in [0.3, 0.4) is 0 Å². The lowest BCUT2D eigenvalue weighted by molar-refractivity contribution is -0.136. The van der Waals surface area contributed by atoms with Gasteiger partial charge in [0.2, 0.25) is 0 Å². The molecule has 0 bridgehead atoms. The molecule has 6 nitrogen and oxygen atoms in total. The minimum absolute atomic E-state index is 0.189. The van der Waals surface area contributed by atoms with Gasteiger partial charge in [-0.3, -0.25) is 9.78 Å². The Bertz CT molecular complexity index is 1170. The molecule has 0 aliphatic heterocycles. The number of aliphatic carboxylic acids is 1. The number of benzene rings is 1. The highest BCUT2D eigenvalue weighted by atomic mass is 32.2.